The number of hydrogen-bond donors (Lipinski definition) is 0. The van der Waals surface area contributed by atoms with Crippen LogP contribution >= 0.6 is 0 Å². The Morgan fingerprint density at radius 2 is 2.00 bits per heavy atom. The van der Waals surface area contributed by atoms with Crippen LogP contribution in [0.1, 0.15) is 11.3 Å². The Bertz CT molecular complexity index is 774. The molecule has 1 aliphatic heterocycles. The molecular weight excluding hydrogens is 326 g/mol. The van der Waals surface area contributed by atoms with Crippen LogP contribution in [0.4, 0.5) is 5.82 Å². The summed E-state index contributed by atoms with van der Waals surface area (Å²) in [6, 6.07) is 1.29. The molecule has 2 aromatic heterocycles. The second kappa shape index (κ2) is 7.01. The third kappa shape index (κ3) is 4.02. The number of aryl methyl sites for hydroxylation is 2. The number of rotatable bonds is 5. The summed E-state index contributed by atoms with van der Waals surface area (Å²) in [6.07, 6.45) is 3.48. The molecule has 0 saturated carbocycles. The Hall–Kier alpha value is -2.75. The van der Waals surface area contributed by atoms with Gasteiger partial charge in [-0.2, -0.15) is 9.78 Å². The minimum absolute atomic E-state index is 0.0234. The largest absolute Gasteiger partial charge is 0.389 e. The summed E-state index contributed by atoms with van der Waals surface area (Å²) in [5.74, 6) is -0.320. The van der Waals surface area contributed by atoms with Crippen LogP contribution in [-0.2, 0) is 24.9 Å². The van der Waals surface area contributed by atoms with Crippen LogP contribution in [0.15, 0.2) is 18.5 Å². The number of nitro groups is 1. The highest BCUT2D eigenvalue weighted by Crippen LogP contribution is 2.12. The lowest BCUT2D eigenvalue weighted by Gasteiger charge is -2.34. The summed E-state index contributed by atoms with van der Waals surface area (Å²) in [5.41, 5.74) is 2.23. The zero-order valence-corrected chi connectivity index (χ0v) is 14.3. The van der Waals surface area contributed by atoms with E-state index in [-0.39, 0.29) is 18.3 Å². The van der Waals surface area contributed by atoms with Crippen molar-refractivity contribution in [2.24, 2.45) is 7.05 Å². The van der Waals surface area contributed by atoms with Gasteiger partial charge in [0.15, 0.2) is 0 Å². The predicted molar refractivity (Wildman–Crippen MR) is 88.7 cm³/mol. The Morgan fingerprint density at radius 3 is 2.56 bits per heavy atom. The minimum Gasteiger partial charge on any atom is -0.358 e. The fourth-order valence-electron chi connectivity index (χ4n) is 2.98. The van der Waals surface area contributed by atoms with Gasteiger partial charge in [-0.15, -0.1) is 0 Å². The van der Waals surface area contributed by atoms with Crippen molar-refractivity contribution in [3.63, 3.8) is 0 Å². The molecule has 134 valence electrons. The van der Waals surface area contributed by atoms with Gasteiger partial charge in [0.2, 0.25) is 5.91 Å². The number of hydrogen-bond acceptors (Lipinski definition) is 6. The van der Waals surface area contributed by atoms with Crippen molar-refractivity contribution in [2.45, 2.75) is 20.0 Å². The van der Waals surface area contributed by atoms with Gasteiger partial charge in [-0.05, 0) is 11.8 Å². The van der Waals surface area contributed by atoms with E-state index in [9.17, 15) is 14.9 Å². The van der Waals surface area contributed by atoms with Gasteiger partial charge in [0.25, 0.3) is 0 Å². The summed E-state index contributed by atoms with van der Waals surface area (Å²) >= 11 is 0. The van der Waals surface area contributed by atoms with Crippen LogP contribution in [-0.4, -0.2) is 66.4 Å². The quantitative estimate of drug-likeness (QED) is 0.565. The topological polar surface area (TPSA) is 102 Å². The van der Waals surface area contributed by atoms with Gasteiger partial charge in [0.1, 0.15) is 6.54 Å². The first-order chi connectivity index (χ1) is 11.9. The second-order valence-corrected chi connectivity index (χ2v) is 6.20. The molecule has 3 heterocycles. The molecule has 3 rings (SSSR count). The molecule has 1 amide bonds. The first kappa shape index (κ1) is 17.1. The summed E-state index contributed by atoms with van der Waals surface area (Å²) < 4.78 is 3.12. The van der Waals surface area contributed by atoms with Gasteiger partial charge in [-0.1, -0.05) is 0 Å². The fraction of sp³-hybridized carbons (Fsp3) is 0.533. The lowest BCUT2D eigenvalue weighted by atomic mass is 10.2. The predicted octanol–water partition coefficient (Wildman–Crippen LogP) is 0.178. The molecule has 0 N–H and O–H groups in total. The molecule has 25 heavy (non-hydrogen) atoms. The molecule has 10 nitrogen and oxygen atoms in total. The first-order valence-corrected chi connectivity index (χ1v) is 8.09. The highest BCUT2D eigenvalue weighted by Gasteiger charge is 2.23. The minimum atomic E-state index is -0.569. The molecule has 0 aliphatic carbocycles. The lowest BCUT2D eigenvalue weighted by molar-refractivity contribution is -0.389. The van der Waals surface area contributed by atoms with Crippen molar-refractivity contribution in [3.05, 3.63) is 39.8 Å². The smallest absolute Gasteiger partial charge is 0.358 e. The molecule has 10 heteroatoms. The van der Waals surface area contributed by atoms with Crippen LogP contribution in [0, 0.1) is 17.0 Å². The molecule has 1 saturated heterocycles. The molecule has 0 unspecified atom stereocenters. The van der Waals surface area contributed by atoms with Crippen LogP contribution in [0.2, 0.25) is 0 Å². The van der Waals surface area contributed by atoms with E-state index in [1.54, 1.807) is 4.90 Å². The number of aromatic nitrogens is 4. The number of amides is 1. The summed E-state index contributed by atoms with van der Waals surface area (Å²) in [7, 11) is 1.91. The molecule has 0 spiro atoms. The zero-order chi connectivity index (χ0) is 18.0. The van der Waals surface area contributed by atoms with E-state index in [0.717, 1.165) is 25.3 Å². The lowest BCUT2D eigenvalue weighted by Crippen LogP contribution is -2.49. The van der Waals surface area contributed by atoms with Crippen molar-refractivity contribution >= 4 is 11.7 Å². The van der Waals surface area contributed by atoms with E-state index in [4.69, 9.17) is 0 Å². The van der Waals surface area contributed by atoms with Gasteiger partial charge < -0.3 is 15.0 Å². The van der Waals surface area contributed by atoms with Gasteiger partial charge in [0.05, 0.1) is 23.1 Å². The molecule has 0 radical (unpaired) electrons. The maximum Gasteiger partial charge on any atom is 0.389 e. The highest BCUT2D eigenvalue weighted by atomic mass is 16.6. The molecule has 2 aromatic rings. The van der Waals surface area contributed by atoms with Crippen molar-refractivity contribution in [2.75, 3.05) is 26.2 Å². The van der Waals surface area contributed by atoms with Crippen LogP contribution < -0.4 is 0 Å². The normalized spacial score (nSPS) is 15.5. The number of carbonyl (C=O) groups is 1. The average Bonchev–Trinajstić information content (AvgIpc) is 3.15. The number of nitrogens with zero attached hydrogens (tertiary/aromatic N) is 7. The second-order valence-electron chi connectivity index (χ2n) is 6.20. The Morgan fingerprint density at radius 1 is 1.28 bits per heavy atom. The van der Waals surface area contributed by atoms with Gasteiger partial charge in [-0.3, -0.25) is 14.4 Å². The fourth-order valence-corrected chi connectivity index (χ4v) is 2.98. The molecule has 0 aromatic carbocycles. The third-order valence-electron chi connectivity index (χ3n) is 4.34. The van der Waals surface area contributed by atoms with Crippen molar-refractivity contribution in [1.82, 2.24) is 29.4 Å². The SMILES string of the molecule is Cc1nn(C)cc1CN1CCN(C(=O)Cn2ccc([N+](=O)[O-])n2)CC1. The average molecular weight is 347 g/mol. The van der Waals surface area contributed by atoms with E-state index in [1.165, 1.54) is 22.5 Å². The van der Waals surface area contributed by atoms with E-state index >= 15 is 0 Å². The van der Waals surface area contributed by atoms with E-state index in [0.29, 0.717) is 13.1 Å². The van der Waals surface area contributed by atoms with Crippen LogP contribution in [0.25, 0.3) is 0 Å². The standard InChI is InChI=1S/C15H21N7O3/c1-12-13(9-18(2)16-12)10-19-5-7-20(8-6-19)15(23)11-21-4-3-14(17-21)22(24)25/h3-4,9H,5-8,10-11H2,1-2H3. The number of piperazine rings is 1. The molecule has 1 aliphatic rings. The molecule has 0 bridgehead atoms. The number of carbonyl (C=O) groups excluding carboxylic acids is 1. The van der Waals surface area contributed by atoms with Gasteiger partial charge in [-0.25, -0.2) is 0 Å². The highest BCUT2D eigenvalue weighted by molar-refractivity contribution is 5.76. The first-order valence-electron chi connectivity index (χ1n) is 8.09. The van der Waals surface area contributed by atoms with Crippen molar-refractivity contribution in [3.8, 4) is 0 Å². The van der Waals surface area contributed by atoms with Crippen molar-refractivity contribution < 1.29 is 9.72 Å². The molecular formula is C15H21N7O3. The summed E-state index contributed by atoms with van der Waals surface area (Å²) in [5, 5.41) is 18.8. The van der Waals surface area contributed by atoms with E-state index in [2.05, 4.69) is 15.1 Å². The van der Waals surface area contributed by atoms with Gasteiger partial charge in [0, 0.05) is 51.5 Å². The Balaban J connectivity index is 1.50. The van der Waals surface area contributed by atoms with Crippen LogP contribution in [0.5, 0.6) is 0 Å². The van der Waals surface area contributed by atoms with Gasteiger partial charge >= 0.3 is 5.82 Å². The Labute approximate surface area is 144 Å². The monoisotopic (exact) mass is 347 g/mol. The van der Waals surface area contributed by atoms with E-state index < -0.39 is 4.92 Å². The van der Waals surface area contributed by atoms with Crippen molar-refractivity contribution in [1.29, 1.82) is 0 Å². The Kier molecular flexibility index (Phi) is 4.79. The molecule has 0 atom stereocenters. The van der Waals surface area contributed by atoms with E-state index in [1.807, 2.05) is 24.9 Å². The maximum absolute atomic E-state index is 12.3. The third-order valence-corrected chi connectivity index (χ3v) is 4.34. The van der Waals surface area contributed by atoms with Crippen LogP contribution in [0.3, 0.4) is 0 Å². The zero-order valence-electron chi connectivity index (χ0n) is 14.3. The molecule has 1 fully saturated rings. The summed E-state index contributed by atoms with van der Waals surface area (Å²) in [6.45, 7) is 5.71. The summed E-state index contributed by atoms with van der Waals surface area (Å²) in [4.78, 5) is 26.5. The maximum atomic E-state index is 12.3.